The Morgan fingerprint density at radius 2 is 1.65 bits per heavy atom. The lowest BCUT2D eigenvalue weighted by molar-refractivity contribution is -0.113. The third kappa shape index (κ3) is 1.42. The summed E-state index contributed by atoms with van der Waals surface area (Å²) in [7, 11) is 0. The molecule has 17 heavy (non-hydrogen) atoms. The van der Waals surface area contributed by atoms with Crippen molar-refractivity contribution in [1.82, 2.24) is 4.90 Å². The van der Waals surface area contributed by atoms with Gasteiger partial charge in [0.1, 0.15) is 6.04 Å². The van der Waals surface area contributed by atoms with E-state index >= 15 is 0 Å². The van der Waals surface area contributed by atoms with Gasteiger partial charge in [-0.3, -0.25) is 19.3 Å². The van der Waals surface area contributed by atoms with Gasteiger partial charge in [0.05, 0.1) is 11.1 Å². The van der Waals surface area contributed by atoms with E-state index in [0.717, 1.165) is 4.90 Å². The molecule has 0 bridgehead atoms. The zero-order valence-corrected chi connectivity index (χ0v) is 9.70. The van der Waals surface area contributed by atoms with Crippen molar-refractivity contribution < 1.29 is 14.4 Å². The second kappa shape index (κ2) is 3.70. The minimum atomic E-state index is -0.576. The van der Waals surface area contributed by atoms with E-state index in [-0.39, 0.29) is 16.9 Å². The molecule has 0 saturated carbocycles. The number of benzene rings is 1. The third-order valence-electron chi connectivity index (χ3n) is 3.04. The SMILES string of the molecule is O=C1SCC[C@@H]1N1C(=O)c2ccccc2C1=O. The van der Waals surface area contributed by atoms with Crippen molar-refractivity contribution in [1.29, 1.82) is 0 Å². The molecule has 0 unspecified atom stereocenters. The fraction of sp³-hybridized carbons (Fsp3) is 0.250. The van der Waals surface area contributed by atoms with Gasteiger partial charge in [0.15, 0.2) is 0 Å². The summed E-state index contributed by atoms with van der Waals surface area (Å²) in [6.07, 6.45) is 0.564. The van der Waals surface area contributed by atoms with Gasteiger partial charge >= 0.3 is 0 Å². The smallest absolute Gasteiger partial charge is 0.262 e. The normalized spacial score (nSPS) is 23.4. The fourth-order valence-electron chi connectivity index (χ4n) is 2.21. The highest BCUT2D eigenvalue weighted by Crippen LogP contribution is 2.31. The predicted molar refractivity (Wildman–Crippen MR) is 62.8 cm³/mol. The van der Waals surface area contributed by atoms with E-state index in [1.54, 1.807) is 24.3 Å². The predicted octanol–water partition coefficient (Wildman–Crippen LogP) is 1.31. The van der Waals surface area contributed by atoms with Crippen LogP contribution < -0.4 is 0 Å². The van der Waals surface area contributed by atoms with Crippen molar-refractivity contribution >= 4 is 28.7 Å². The summed E-state index contributed by atoms with van der Waals surface area (Å²) < 4.78 is 0. The van der Waals surface area contributed by atoms with Crippen LogP contribution in [0.2, 0.25) is 0 Å². The van der Waals surface area contributed by atoms with Crippen molar-refractivity contribution in [2.45, 2.75) is 12.5 Å². The second-order valence-electron chi connectivity index (χ2n) is 4.00. The summed E-state index contributed by atoms with van der Waals surface area (Å²) in [6, 6.07) is 6.12. The molecule has 1 aromatic carbocycles. The standard InChI is InChI=1S/C12H9NO3S/c14-10-7-3-1-2-4-8(7)11(15)13(10)9-5-6-17-12(9)16/h1-4,9H,5-6H2/t9-/m0/s1. The first kappa shape index (κ1) is 10.5. The van der Waals surface area contributed by atoms with Crippen LogP contribution in [0.5, 0.6) is 0 Å². The first-order chi connectivity index (χ1) is 8.20. The zero-order chi connectivity index (χ0) is 12.0. The van der Waals surface area contributed by atoms with Crippen molar-refractivity contribution in [3.05, 3.63) is 35.4 Å². The summed E-state index contributed by atoms with van der Waals surface area (Å²) in [5, 5.41) is -0.0838. The molecule has 4 nitrogen and oxygen atoms in total. The molecule has 0 radical (unpaired) electrons. The van der Waals surface area contributed by atoms with E-state index < -0.39 is 6.04 Å². The third-order valence-corrected chi connectivity index (χ3v) is 4.04. The summed E-state index contributed by atoms with van der Waals surface area (Å²) in [5.41, 5.74) is 0.810. The Balaban J connectivity index is 2.03. The van der Waals surface area contributed by atoms with E-state index in [1.807, 2.05) is 0 Å². The highest BCUT2D eigenvalue weighted by molar-refractivity contribution is 8.14. The summed E-state index contributed by atoms with van der Waals surface area (Å²) in [5.74, 6) is -0.00501. The number of hydrogen-bond donors (Lipinski definition) is 0. The molecule has 2 amide bonds. The zero-order valence-electron chi connectivity index (χ0n) is 8.88. The van der Waals surface area contributed by atoms with Crippen LogP contribution in [-0.4, -0.2) is 33.6 Å². The topological polar surface area (TPSA) is 54.5 Å². The minimum absolute atomic E-state index is 0.0838. The van der Waals surface area contributed by atoms with Crippen LogP contribution in [0, 0.1) is 0 Å². The Kier molecular flexibility index (Phi) is 2.29. The van der Waals surface area contributed by atoms with E-state index in [1.165, 1.54) is 11.8 Å². The van der Waals surface area contributed by atoms with Crippen LogP contribution in [0.25, 0.3) is 0 Å². The molecule has 1 atom stereocenters. The Morgan fingerprint density at radius 3 is 2.12 bits per heavy atom. The monoisotopic (exact) mass is 247 g/mol. The Morgan fingerprint density at radius 1 is 1.06 bits per heavy atom. The molecule has 86 valence electrons. The van der Waals surface area contributed by atoms with Crippen molar-refractivity contribution in [2.75, 3.05) is 5.75 Å². The minimum Gasteiger partial charge on any atom is -0.285 e. The number of amides is 2. The molecule has 1 fully saturated rings. The summed E-state index contributed by atoms with van der Waals surface area (Å²) in [4.78, 5) is 36.9. The molecule has 0 spiro atoms. The van der Waals surface area contributed by atoms with Crippen molar-refractivity contribution in [2.24, 2.45) is 0 Å². The molecule has 0 aliphatic carbocycles. The van der Waals surface area contributed by atoms with Crippen LogP contribution >= 0.6 is 11.8 Å². The first-order valence-corrected chi connectivity index (χ1v) is 6.32. The molecule has 1 aromatic rings. The highest BCUT2D eigenvalue weighted by Gasteiger charge is 2.44. The van der Waals surface area contributed by atoms with Crippen molar-refractivity contribution in [3.63, 3.8) is 0 Å². The van der Waals surface area contributed by atoms with Crippen LogP contribution in [0.1, 0.15) is 27.1 Å². The molecular weight excluding hydrogens is 238 g/mol. The number of nitrogens with zero attached hydrogens (tertiary/aromatic N) is 1. The Labute approximate surface area is 102 Å². The van der Waals surface area contributed by atoms with Crippen LogP contribution in [0.3, 0.4) is 0 Å². The second-order valence-corrected chi connectivity index (χ2v) is 5.10. The lowest BCUT2D eigenvalue weighted by Gasteiger charge is -2.19. The quantitative estimate of drug-likeness (QED) is 0.702. The number of carbonyl (C=O) groups is 3. The van der Waals surface area contributed by atoms with Crippen LogP contribution in [0.15, 0.2) is 24.3 Å². The number of thioether (sulfide) groups is 1. The molecule has 5 heteroatoms. The molecule has 0 N–H and O–H groups in total. The van der Waals surface area contributed by atoms with Gasteiger partial charge in [-0.1, -0.05) is 23.9 Å². The van der Waals surface area contributed by atoms with E-state index in [2.05, 4.69) is 0 Å². The Bertz CT molecular complexity index is 505. The van der Waals surface area contributed by atoms with Crippen LogP contribution in [-0.2, 0) is 4.79 Å². The maximum absolute atomic E-state index is 12.1. The number of hydrogen-bond acceptors (Lipinski definition) is 4. The molecule has 2 heterocycles. The van der Waals surface area contributed by atoms with E-state index in [9.17, 15) is 14.4 Å². The first-order valence-electron chi connectivity index (χ1n) is 5.33. The largest absolute Gasteiger partial charge is 0.285 e. The number of carbonyl (C=O) groups excluding carboxylic acids is 3. The van der Waals surface area contributed by atoms with Gasteiger partial charge in [0, 0.05) is 5.75 Å². The molecular formula is C12H9NO3S. The van der Waals surface area contributed by atoms with Crippen LogP contribution in [0.4, 0.5) is 0 Å². The van der Waals surface area contributed by atoms with E-state index in [4.69, 9.17) is 0 Å². The molecule has 2 aliphatic heterocycles. The molecule has 3 rings (SSSR count). The fourth-order valence-corrected chi connectivity index (χ4v) is 3.17. The Hall–Kier alpha value is -1.62. The average molecular weight is 247 g/mol. The van der Waals surface area contributed by atoms with Gasteiger partial charge in [0.25, 0.3) is 11.8 Å². The van der Waals surface area contributed by atoms with Gasteiger partial charge in [-0.25, -0.2) is 0 Å². The number of fused-ring (bicyclic) bond motifs is 1. The maximum atomic E-state index is 12.1. The van der Waals surface area contributed by atoms with Gasteiger partial charge in [-0.2, -0.15) is 0 Å². The maximum Gasteiger partial charge on any atom is 0.262 e. The van der Waals surface area contributed by atoms with E-state index in [0.29, 0.717) is 23.3 Å². The number of rotatable bonds is 1. The molecule has 0 aromatic heterocycles. The lowest BCUT2D eigenvalue weighted by Crippen LogP contribution is -2.41. The lowest BCUT2D eigenvalue weighted by atomic mass is 10.1. The van der Waals surface area contributed by atoms with Gasteiger partial charge in [0.2, 0.25) is 5.12 Å². The highest BCUT2D eigenvalue weighted by atomic mass is 32.2. The number of imide groups is 1. The molecule has 2 aliphatic rings. The summed E-state index contributed by atoms with van der Waals surface area (Å²) in [6.45, 7) is 0. The van der Waals surface area contributed by atoms with Gasteiger partial charge < -0.3 is 0 Å². The average Bonchev–Trinajstić information content (AvgIpc) is 2.84. The van der Waals surface area contributed by atoms with Gasteiger partial charge in [-0.05, 0) is 18.6 Å². The van der Waals surface area contributed by atoms with Crippen molar-refractivity contribution in [3.8, 4) is 0 Å². The summed E-state index contributed by atoms with van der Waals surface area (Å²) >= 11 is 1.19. The van der Waals surface area contributed by atoms with Gasteiger partial charge in [-0.15, -0.1) is 0 Å². The molecule has 1 saturated heterocycles.